The van der Waals surface area contributed by atoms with E-state index < -0.39 is 5.82 Å². The molecule has 0 atom stereocenters. The minimum atomic E-state index is -0.406. The number of benzene rings is 2. The first-order chi connectivity index (χ1) is 12.0. The SMILES string of the molecule is Cc1ccc(NCC(=O)Nc2ccccc2C(=O)NC2CC2)c(F)c1. The number of nitrogens with one attached hydrogen (secondary N) is 3. The third-order valence-electron chi connectivity index (χ3n) is 3.92. The van der Waals surface area contributed by atoms with Gasteiger partial charge in [0.25, 0.3) is 5.91 Å². The summed E-state index contributed by atoms with van der Waals surface area (Å²) in [5.74, 6) is -0.959. The third kappa shape index (κ3) is 4.56. The normalized spacial score (nSPS) is 13.2. The number of halogens is 1. The zero-order valence-electron chi connectivity index (χ0n) is 13.9. The van der Waals surface area contributed by atoms with Gasteiger partial charge in [0.15, 0.2) is 0 Å². The lowest BCUT2D eigenvalue weighted by Crippen LogP contribution is -2.28. The highest BCUT2D eigenvalue weighted by molar-refractivity contribution is 6.04. The van der Waals surface area contributed by atoms with Crippen LogP contribution < -0.4 is 16.0 Å². The molecule has 1 fully saturated rings. The fourth-order valence-electron chi connectivity index (χ4n) is 2.41. The second kappa shape index (κ2) is 7.34. The van der Waals surface area contributed by atoms with Gasteiger partial charge in [-0.25, -0.2) is 4.39 Å². The summed E-state index contributed by atoms with van der Waals surface area (Å²) < 4.78 is 13.8. The first-order valence-electron chi connectivity index (χ1n) is 8.22. The Labute approximate surface area is 145 Å². The predicted octanol–water partition coefficient (Wildman–Crippen LogP) is 3.08. The highest BCUT2D eigenvalue weighted by atomic mass is 19.1. The van der Waals surface area contributed by atoms with Crippen molar-refractivity contribution in [3.05, 3.63) is 59.4 Å². The highest BCUT2D eigenvalue weighted by Gasteiger charge is 2.25. The largest absolute Gasteiger partial charge is 0.374 e. The summed E-state index contributed by atoms with van der Waals surface area (Å²) in [4.78, 5) is 24.4. The molecule has 6 heteroatoms. The van der Waals surface area contributed by atoms with E-state index in [1.54, 1.807) is 43.3 Å². The van der Waals surface area contributed by atoms with Gasteiger partial charge in [0.1, 0.15) is 5.82 Å². The molecule has 0 aliphatic heterocycles. The molecule has 0 radical (unpaired) electrons. The molecule has 3 rings (SSSR count). The Morgan fingerprint density at radius 1 is 1.12 bits per heavy atom. The Hall–Kier alpha value is -2.89. The maximum absolute atomic E-state index is 13.8. The van der Waals surface area contributed by atoms with Crippen molar-refractivity contribution in [2.24, 2.45) is 0 Å². The molecule has 0 aromatic heterocycles. The van der Waals surface area contributed by atoms with E-state index >= 15 is 0 Å². The van der Waals surface area contributed by atoms with Crippen molar-refractivity contribution < 1.29 is 14.0 Å². The van der Waals surface area contributed by atoms with Crippen molar-refractivity contribution >= 4 is 23.2 Å². The van der Waals surface area contributed by atoms with Crippen molar-refractivity contribution in [3.63, 3.8) is 0 Å². The Kier molecular flexibility index (Phi) is 4.97. The van der Waals surface area contributed by atoms with E-state index in [-0.39, 0.29) is 30.1 Å². The summed E-state index contributed by atoms with van der Waals surface area (Å²) >= 11 is 0. The van der Waals surface area contributed by atoms with Gasteiger partial charge in [0.2, 0.25) is 5.91 Å². The number of hydrogen-bond donors (Lipinski definition) is 3. The van der Waals surface area contributed by atoms with Crippen LogP contribution in [0.5, 0.6) is 0 Å². The quantitative estimate of drug-likeness (QED) is 0.756. The van der Waals surface area contributed by atoms with Crippen LogP contribution in [0, 0.1) is 12.7 Å². The van der Waals surface area contributed by atoms with Gasteiger partial charge in [-0.3, -0.25) is 9.59 Å². The molecule has 3 N–H and O–H groups in total. The predicted molar refractivity (Wildman–Crippen MR) is 95.2 cm³/mol. The van der Waals surface area contributed by atoms with Crippen LogP contribution in [0.4, 0.5) is 15.8 Å². The van der Waals surface area contributed by atoms with Crippen LogP contribution in [-0.4, -0.2) is 24.4 Å². The number of anilines is 2. The van der Waals surface area contributed by atoms with Gasteiger partial charge in [-0.2, -0.15) is 0 Å². The Bertz CT molecular complexity index is 803. The number of aryl methyl sites for hydroxylation is 1. The summed E-state index contributed by atoms with van der Waals surface area (Å²) in [6.45, 7) is 1.70. The van der Waals surface area contributed by atoms with Gasteiger partial charge in [-0.1, -0.05) is 18.2 Å². The van der Waals surface area contributed by atoms with E-state index in [2.05, 4.69) is 16.0 Å². The molecule has 2 aromatic carbocycles. The fourth-order valence-corrected chi connectivity index (χ4v) is 2.41. The first-order valence-corrected chi connectivity index (χ1v) is 8.22. The Morgan fingerprint density at radius 2 is 1.88 bits per heavy atom. The van der Waals surface area contributed by atoms with E-state index in [0.29, 0.717) is 11.3 Å². The van der Waals surface area contributed by atoms with Crippen LogP contribution in [-0.2, 0) is 4.79 Å². The second-order valence-electron chi connectivity index (χ2n) is 6.18. The lowest BCUT2D eigenvalue weighted by molar-refractivity contribution is -0.114. The molecular formula is C19H20FN3O2. The van der Waals surface area contributed by atoms with Crippen LogP contribution in [0.25, 0.3) is 0 Å². The maximum Gasteiger partial charge on any atom is 0.253 e. The molecule has 1 saturated carbocycles. The third-order valence-corrected chi connectivity index (χ3v) is 3.92. The average Bonchev–Trinajstić information content (AvgIpc) is 3.38. The van der Waals surface area contributed by atoms with E-state index in [0.717, 1.165) is 18.4 Å². The number of carbonyl (C=O) groups is 2. The topological polar surface area (TPSA) is 70.2 Å². The van der Waals surface area contributed by atoms with Gasteiger partial charge in [-0.15, -0.1) is 0 Å². The van der Waals surface area contributed by atoms with Gasteiger partial charge < -0.3 is 16.0 Å². The lowest BCUT2D eigenvalue weighted by Gasteiger charge is -2.12. The fraction of sp³-hybridized carbons (Fsp3) is 0.263. The average molecular weight is 341 g/mol. The summed E-state index contributed by atoms with van der Waals surface area (Å²) in [7, 11) is 0. The van der Waals surface area contributed by atoms with Crippen molar-refractivity contribution in [2.45, 2.75) is 25.8 Å². The van der Waals surface area contributed by atoms with E-state index in [1.165, 1.54) is 6.07 Å². The second-order valence-corrected chi connectivity index (χ2v) is 6.18. The minimum absolute atomic E-state index is 0.0987. The maximum atomic E-state index is 13.8. The molecule has 130 valence electrons. The number of hydrogen-bond acceptors (Lipinski definition) is 3. The molecule has 25 heavy (non-hydrogen) atoms. The molecule has 0 bridgehead atoms. The molecule has 0 saturated heterocycles. The number of para-hydroxylation sites is 1. The molecule has 5 nitrogen and oxygen atoms in total. The monoisotopic (exact) mass is 341 g/mol. The molecule has 0 unspecified atom stereocenters. The van der Waals surface area contributed by atoms with Crippen molar-refractivity contribution in [2.75, 3.05) is 17.2 Å². The molecular weight excluding hydrogens is 321 g/mol. The van der Waals surface area contributed by atoms with Crippen molar-refractivity contribution in [1.82, 2.24) is 5.32 Å². The summed E-state index contributed by atoms with van der Waals surface area (Å²) in [6.07, 6.45) is 1.98. The van der Waals surface area contributed by atoms with Gasteiger partial charge in [0, 0.05) is 6.04 Å². The number of amides is 2. The standard InChI is InChI=1S/C19H20FN3O2/c1-12-6-9-17(15(20)10-12)21-11-18(24)23-16-5-3-2-4-14(16)19(25)22-13-7-8-13/h2-6,9-10,13,21H,7-8,11H2,1H3,(H,22,25)(H,23,24). The summed E-state index contributed by atoms with van der Waals surface area (Å²) in [5.41, 5.74) is 1.93. The molecule has 0 heterocycles. The van der Waals surface area contributed by atoms with Crippen LogP contribution in [0.1, 0.15) is 28.8 Å². The Balaban J connectivity index is 1.61. The number of rotatable bonds is 6. The minimum Gasteiger partial charge on any atom is -0.374 e. The van der Waals surface area contributed by atoms with Crippen molar-refractivity contribution in [3.8, 4) is 0 Å². The van der Waals surface area contributed by atoms with Crippen LogP contribution >= 0.6 is 0 Å². The van der Waals surface area contributed by atoms with E-state index in [4.69, 9.17) is 0 Å². The zero-order chi connectivity index (χ0) is 17.8. The van der Waals surface area contributed by atoms with Gasteiger partial charge in [-0.05, 0) is 49.6 Å². The summed E-state index contributed by atoms with van der Waals surface area (Å²) in [6, 6.07) is 11.8. The molecule has 2 amide bonds. The highest BCUT2D eigenvalue weighted by Crippen LogP contribution is 2.21. The molecule has 0 spiro atoms. The van der Waals surface area contributed by atoms with Crippen molar-refractivity contribution in [1.29, 1.82) is 0 Å². The van der Waals surface area contributed by atoms with Crippen LogP contribution in [0.2, 0.25) is 0 Å². The van der Waals surface area contributed by atoms with E-state index in [9.17, 15) is 14.0 Å². The van der Waals surface area contributed by atoms with E-state index in [1.807, 2.05) is 0 Å². The Morgan fingerprint density at radius 3 is 2.60 bits per heavy atom. The first kappa shape index (κ1) is 17.0. The molecule has 1 aliphatic carbocycles. The number of carbonyl (C=O) groups excluding carboxylic acids is 2. The van der Waals surface area contributed by atoms with Crippen LogP contribution in [0.15, 0.2) is 42.5 Å². The smallest absolute Gasteiger partial charge is 0.253 e. The lowest BCUT2D eigenvalue weighted by atomic mass is 10.1. The van der Waals surface area contributed by atoms with Crippen LogP contribution in [0.3, 0.4) is 0 Å². The van der Waals surface area contributed by atoms with Gasteiger partial charge >= 0.3 is 0 Å². The van der Waals surface area contributed by atoms with Gasteiger partial charge in [0.05, 0.1) is 23.5 Å². The summed E-state index contributed by atoms with van der Waals surface area (Å²) in [5, 5.41) is 8.36. The molecule has 1 aliphatic rings. The molecule has 2 aromatic rings. The zero-order valence-corrected chi connectivity index (χ0v) is 13.9.